The average Bonchev–Trinajstić information content (AvgIpc) is 2.39. The Balaban J connectivity index is 2.75. The summed E-state index contributed by atoms with van der Waals surface area (Å²) in [6.07, 6.45) is 1.21. The second kappa shape index (κ2) is 8.17. The number of halogens is 2. The van der Waals surface area contributed by atoms with Gasteiger partial charge in [0.05, 0.1) is 6.61 Å². The highest BCUT2D eigenvalue weighted by Gasteiger charge is 2.15. The van der Waals surface area contributed by atoms with Gasteiger partial charge in [-0.25, -0.2) is 4.39 Å². The van der Waals surface area contributed by atoms with Crippen molar-refractivity contribution in [2.45, 2.75) is 32.7 Å². The lowest BCUT2D eigenvalue weighted by molar-refractivity contribution is 0.170. The van der Waals surface area contributed by atoms with Crippen LogP contribution in [0.2, 0.25) is 0 Å². The van der Waals surface area contributed by atoms with Crippen LogP contribution in [-0.4, -0.2) is 26.4 Å². The molecule has 0 saturated heterocycles. The van der Waals surface area contributed by atoms with Gasteiger partial charge in [0.1, 0.15) is 0 Å². The molecule has 2 atom stereocenters. The smallest absolute Gasteiger partial charge is 0.200 e. The van der Waals surface area contributed by atoms with E-state index in [4.69, 9.17) is 15.2 Å². The maximum absolute atomic E-state index is 13.6. The van der Waals surface area contributed by atoms with E-state index in [0.29, 0.717) is 25.0 Å². The van der Waals surface area contributed by atoms with Crippen LogP contribution in [0.3, 0.4) is 0 Å². The van der Waals surface area contributed by atoms with Crippen LogP contribution >= 0.6 is 0 Å². The number of hydrogen-bond acceptors (Lipinski definition) is 3. The number of rotatable bonds is 8. The van der Waals surface area contributed by atoms with E-state index in [1.807, 2.05) is 13.8 Å². The molecule has 0 fully saturated rings. The summed E-state index contributed by atoms with van der Waals surface area (Å²) in [5.41, 5.74) is 6.48. The minimum Gasteiger partial charge on any atom is -0.490 e. The quantitative estimate of drug-likeness (QED) is 0.748. The number of benzene rings is 1. The predicted octanol–water partition coefficient (Wildman–Crippen LogP) is 2.91. The van der Waals surface area contributed by atoms with Crippen molar-refractivity contribution in [1.29, 1.82) is 0 Å². The Morgan fingerprint density at radius 2 is 1.90 bits per heavy atom. The summed E-state index contributed by atoms with van der Waals surface area (Å²) < 4.78 is 37.3. The molecule has 114 valence electrons. The lowest BCUT2D eigenvalue weighted by Crippen LogP contribution is -2.25. The first-order chi connectivity index (χ1) is 9.45. The van der Waals surface area contributed by atoms with Gasteiger partial charge in [-0.1, -0.05) is 6.92 Å². The SMILES string of the molecule is COCCCOc1cc(CC(C)C(C)N)cc(F)c1F. The number of nitrogens with two attached hydrogens (primary N) is 1. The number of hydrogen-bond donors (Lipinski definition) is 1. The van der Waals surface area contributed by atoms with Gasteiger partial charge < -0.3 is 15.2 Å². The van der Waals surface area contributed by atoms with Crippen LogP contribution in [0, 0.1) is 17.6 Å². The van der Waals surface area contributed by atoms with Crippen LogP contribution in [0.1, 0.15) is 25.8 Å². The highest BCUT2D eigenvalue weighted by Crippen LogP contribution is 2.24. The molecule has 0 bridgehead atoms. The summed E-state index contributed by atoms with van der Waals surface area (Å²) in [7, 11) is 1.58. The van der Waals surface area contributed by atoms with Crippen LogP contribution in [0.25, 0.3) is 0 Å². The summed E-state index contributed by atoms with van der Waals surface area (Å²) >= 11 is 0. The molecule has 0 saturated carbocycles. The molecule has 1 aromatic carbocycles. The molecule has 0 aromatic heterocycles. The first kappa shape index (κ1) is 16.9. The molecule has 2 unspecified atom stereocenters. The summed E-state index contributed by atoms with van der Waals surface area (Å²) in [5, 5.41) is 0. The van der Waals surface area contributed by atoms with Crippen molar-refractivity contribution in [3.8, 4) is 5.75 Å². The maximum atomic E-state index is 13.6. The largest absolute Gasteiger partial charge is 0.490 e. The first-order valence-corrected chi connectivity index (χ1v) is 6.81. The zero-order valence-electron chi connectivity index (χ0n) is 12.3. The van der Waals surface area contributed by atoms with Gasteiger partial charge >= 0.3 is 0 Å². The summed E-state index contributed by atoms with van der Waals surface area (Å²) in [6.45, 7) is 4.68. The topological polar surface area (TPSA) is 44.5 Å². The summed E-state index contributed by atoms with van der Waals surface area (Å²) in [6, 6.07) is 2.74. The Morgan fingerprint density at radius 3 is 2.50 bits per heavy atom. The van der Waals surface area contributed by atoms with Gasteiger partial charge in [0.15, 0.2) is 11.6 Å². The van der Waals surface area contributed by atoms with E-state index < -0.39 is 11.6 Å². The van der Waals surface area contributed by atoms with Gasteiger partial charge in [0.25, 0.3) is 0 Å². The Hall–Kier alpha value is -1.20. The predicted molar refractivity (Wildman–Crippen MR) is 74.9 cm³/mol. The third-order valence-corrected chi connectivity index (χ3v) is 3.26. The molecule has 0 amide bonds. The number of methoxy groups -OCH3 is 1. The standard InChI is InChI=1S/C15H23F2NO2/c1-10(11(2)18)7-12-8-13(16)15(17)14(9-12)20-6-4-5-19-3/h8-11H,4-7,18H2,1-3H3. The Labute approximate surface area is 119 Å². The van der Waals surface area contributed by atoms with Gasteiger partial charge in [0, 0.05) is 26.2 Å². The molecule has 0 radical (unpaired) electrons. The Morgan fingerprint density at radius 1 is 1.20 bits per heavy atom. The number of ether oxygens (including phenoxy) is 2. The normalized spacial score (nSPS) is 14.1. The molecule has 0 spiro atoms. The van der Waals surface area contributed by atoms with Crippen molar-refractivity contribution in [1.82, 2.24) is 0 Å². The molecule has 0 aliphatic heterocycles. The zero-order chi connectivity index (χ0) is 15.1. The van der Waals surface area contributed by atoms with Crippen molar-refractivity contribution in [2.24, 2.45) is 11.7 Å². The highest BCUT2D eigenvalue weighted by atomic mass is 19.2. The molecule has 20 heavy (non-hydrogen) atoms. The molecule has 1 rings (SSSR count). The van der Waals surface area contributed by atoms with E-state index in [0.717, 1.165) is 0 Å². The van der Waals surface area contributed by atoms with Gasteiger partial charge in [-0.3, -0.25) is 0 Å². The van der Waals surface area contributed by atoms with E-state index in [2.05, 4.69) is 0 Å². The fourth-order valence-electron chi connectivity index (χ4n) is 1.78. The second-order valence-electron chi connectivity index (χ2n) is 5.13. The molecular weight excluding hydrogens is 264 g/mol. The van der Waals surface area contributed by atoms with E-state index in [1.54, 1.807) is 13.2 Å². The van der Waals surface area contributed by atoms with Gasteiger partial charge in [-0.05, 0) is 37.0 Å². The van der Waals surface area contributed by atoms with Crippen molar-refractivity contribution in [2.75, 3.05) is 20.3 Å². The van der Waals surface area contributed by atoms with Crippen molar-refractivity contribution < 1.29 is 18.3 Å². The third-order valence-electron chi connectivity index (χ3n) is 3.26. The molecule has 0 aliphatic rings. The van der Waals surface area contributed by atoms with Crippen molar-refractivity contribution in [3.63, 3.8) is 0 Å². The van der Waals surface area contributed by atoms with E-state index >= 15 is 0 Å². The first-order valence-electron chi connectivity index (χ1n) is 6.81. The molecule has 5 heteroatoms. The van der Waals surface area contributed by atoms with Crippen LogP contribution in [0.5, 0.6) is 5.75 Å². The highest BCUT2D eigenvalue weighted by molar-refractivity contribution is 5.32. The summed E-state index contributed by atoms with van der Waals surface area (Å²) in [4.78, 5) is 0. The zero-order valence-corrected chi connectivity index (χ0v) is 12.3. The van der Waals surface area contributed by atoms with E-state index in [9.17, 15) is 8.78 Å². The minimum absolute atomic E-state index is 0.00538. The van der Waals surface area contributed by atoms with Crippen LogP contribution < -0.4 is 10.5 Å². The molecule has 3 nitrogen and oxygen atoms in total. The molecule has 1 aromatic rings. The van der Waals surface area contributed by atoms with E-state index in [1.165, 1.54) is 6.07 Å². The molecule has 0 aliphatic carbocycles. The third kappa shape index (κ3) is 5.06. The molecule has 2 N–H and O–H groups in total. The van der Waals surface area contributed by atoms with Gasteiger partial charge in [-0.2, -0.15) is 4.39 Å². The molecule has 0 heterocycles. The minimum atomic E-state index is -0.945. The second-order valence-corrected chi connectivity index (χ2v) is 5.13. The van der Waals surface area contributed by atoms with Gasteiger partial charge in [-0.15, -0.1) is 0 Å². The van der Waals surface area contributed by atoms with Crippen molar-refractivity contribution in [3.05, 3.63) is 29.3 Å². The fraction of sp³-hybridized carbons (Fsp3) is 0.600. The van der Waals surface area contributed by atoms with Crippen LogP contribution in [0.4, 0.5) is 8.78 Å². The van der Waals surface area contributed by atoms with Crippen LogP contribution in [-0.2, 0) is 11.2 Å². The van der Waals surface area contributed by atoms with Crippen molar-refractivity contribution >= 4 is 0 Å². The average molecular weight is 287 g/mol. The Kier molecular flexibility index (Phi) is 6.88. The lowest BCUT2D eigenvalue weighted by Gasteiger charge is -2.16. The summed E-state index contributed by atoms with van der Waals surface area (Å²) in [5.74, 6) is -1.70. The molecular formula is C15H23F2NO2. The Bertz CT molecular complexity index is 425. The van der Waals surface area contributed by atoms with Gasteiger partial charge in [0.2, 0.25) is 5.82 Å². The van der Waals surface area contributed by atoms with Crippen LogP contribution in [0.15, 0.2) is 12.1 Å². The van der Waals surface area contributed by atoms with E-state index in [-0.39, 0.29) is 24.3 Å². The fourth-order valence-corrected chi connectivity index (χ4v) is 1.78. The maximum Gasteiger partial charge on any atom is 0.200 e. The lowest BCUT2D eigenvalue weighted by atomic mass is 9.95. The monoisotopic (exact) mass is 287 g/mol.